The topological polar surface area (TPSA) is 139 Å². The zero-order valence-electron chi connectivity index (χ0n) is 30.9. The Labute approximate surface area is 319 Å². The number of carbonyl (C=O) groups excluding carboxylic acids is 2. The van der Waals surface area contributed by atoms with Crippen LogP contribution in [0.15, 0.2) is 59.8 Å². The Hall–Kier alpha value is -4.69. The number of aromatic nitrogens is 2. The van der Waals surface area contributed by atoms with E-state index in [0.29, 0.717) is 47.7 Å². The van der Waals surface area contributed by atoms with Crippen LogP contribution in [0.2, 0.25) is 5.02 Å². The van der Waals surface area contributed by atoms with E-state index in [2.05, 4.69) is 15.2 Å². The van der Waals surface area contributed by atoms with Gasteiger partial charge in [0.2, 0.25) is 0 Å². The number of hydrogen-bond acceptors (Lipinski definition) is 9. The minimum Gasteiger partial charge on any atom is -0.496 e. The van der Waals surface area contributed by atoms with Gasteiger partial charge >= 0.3 is 6.03 Å². The molecule has 5 heterocycles. The lowest BCUT2D eigenvalue weighted by atomic mass is 9.97. The summed E-state index contributed by atoms with van der Waals surface area (Å²) in [5.74, 6) is 1.39. The summed E-state index contributed by atoms with van der Waals surface area (Å²) in [5.41, 5.74) is 3.64. The predicted molar refractivity (Wildman–Crippen MR) is 207 cm³/mol. The first-order valence-electron chi connectivity index (χ1n) is 18.5. The number of nitrogens with zero attached hydrogens (tertiary/aromatic N) is 5. The van der Waals surface area contributed by atoms with Crippen LogP contribution >= 0.6 is 11.6 Å². The highest BCUT2D eigenvalue weighted by molar-refractivity contribution is 6.34. The van der Waals surface area contributed by atoms with E-state index < -0.39 is 12.3 Å². The third-order valence-electron chi connectivity index (χ3n) is 10.9. The molecule has 3 fully saturated rings. The smallest absolute Gasteiger partial charge is 0.323 e. The van der Waals surface area contributed by atoms with Crippen LogP contribution in [0.1, 0.15) is 48.0 Å². The first kappa shape index (κ1) is 37.6. The van der Waals surface area contributed by atoms with Gasteiger partial charge in [-0.3, -0.25) is 19.5 Å². The number of carbonyl (C=O) groups is 2. The number of ether oxygens (including phenoxy) is 3. The molecule has 13 nitrogen and oxygen atoms in total. The van der Waals surface area contributed by atoms with E-state index >= 15 is 0 Å². The number of likely N-dealkylation sites (tertiary alicyclic amines) is 2. The van der Waals surface area contributed by atoms with Gasteiger partial charge in [-0.15, -0.1) is 0 Å². The SMILES string of the molecule is COc1cc(-c2cn(C)c(=O)c3cnccc23)cc(OC)c1CCN1CCC(OC2CCN(C(=O)c3ccc(Cl)c(N4CCC(O)NC4=O)c3)CC2)CC1. The van der Waals surface area contributed by atoms with Gasteiger partial charge in [-0.1, -0.05) is 11.6 Å². The highest BCUT2D eigenvalue weighted by Gasteiger charge is 2.30. The number of methoxy groups -OCH3 is 2. The maximum absolute atomic E-state index is 13.5. The summed E-state index contributed by atoms with van der Waals surface area (Å²) in [4.78, 5) is 48.6. The van der Waals surface area contributed by atoms with Crippen molar-refractivity contribution in [2.75, 3.05) is 58.4 Å². The lowest BCUT2D eigenvalue weighted by Gasteiger charge is -2.37. The van der Waals surface area contributed by atoms with Gasteiger partial charge < -0.3 is 39.0 Å². The molecule has 0 radical (unpaired) electrons. The molecule has 3 aliphatic heterocycles. The molecular weight excluding hydrogens is 712 g/mol. The first-order chi connectivity index (χ1) is 26.1. The van der Waals surface area contributed by atoms with Gasteiger partial charge in [0.05, 0.1) is 42.5 Å². The van der Waals surface area contributed by atoms with Gasteiger partial charge in [0.25, 0.3) is 11.5 Å². The summed E-state index contributed by atoms with van der Waals surface area (Å²) in [6.07, 6.45) is 9.07. The average molecular weight is 759 g/mol. The van der Waals surface area contributed by atoms with E-state index in [1.54, 1.807) is 56.4 Å². The lowest BCUT2D eigenvalue weighted by Crippen LogP contribution is -2.52. The maximum atomic E-state index is 13.5. The number of anilines is 1. The van der Waals surface area contributed by atoms with Gasteiger partial charge in [-0.05, 0) is 79.5 Å². The summed E-state index contributed by atoms with van der Waals surface area (Å²) in [5, 5.41) is 14.0. The fourth-order valence-corrected chi connectivity index (χ4v) is 8.06. The molecule has 1 unspecified atom stereocenters. The molecule has 54 heavy (non-hydrogen) atoms. The van der Waals surface area contributed by atoms with Crippen molar-refractivity contribution in [1.29, 1.82) is 0 Å². The number of pyridine rings is 2. The highest BCUT2D eigenvalue weighted by atomic mass is 35.5. The Bertz CT molecular complexity index is 2050. The van der Waals surface area contributed by atoms with Crippen molar-refractivity contribution >= 4 is 40.0 Å². The van der Waals surface area contributed by atoms with Crippen molar-refractivity contribution in [3.8, 4) is 22.6 Å². The number of halogens is 1. The molecule has 0 saturated carbocycles. The van der Waals surface area contributed by atoms with Crippen LogP contribution in [0.25, 0.3) is 21.9 Å². The number of aliphatic hydroxyl groups excluding tert-OH is 1. The Balaban J connectivity index is 0.908. The van der Waals surface area contributed by atoms with E-state index in [0.717, 1.165) is 85.3 Å². The predicted octanol–water partition coefficient (Wildman–Crippen LogP) is 4.84. The summed E-state index contributed by atoms with van der Waals surface area (Å²) in [7, 11) is 5.09. The molecule has 4 aromatic rings. The van der Waals surface area contributed by atoms with Crippen molar-refractivity contribution in [2.24, 2.45) is 7.05 Å². The molecule has 14 heteroatoms. The number of amides is 3. The van der Waals surface area contributed by atoms with Gasteiger partial charge in [0, 0.05) is 88.0 Å². The van der Waals surface area contributed by atoms with Crippen molar-refractivity contribution in [1.82, 2.24) is 24.7 Å². The van der Waals surface area contributed by atoms with Crippen molar-refractivity contribution < 1.29 is 28.9 Å². The molecule has 3 aliphatic rings. The summed E-state index contributed by atoms with van der Waals surface area (Å²) >= 11 is 6.41. The number of fused-ring (bicyclic) bond motifs is 1. The third-order valence-corrected chi connectivity index (χ3v) is 11.2. The molecule has 2 N–H and O–H groups in total. The van der Waals surface area contributed by atoms with Crippen molar-refractivity contribution in [3.63, 3.8) is 0 Å². The molecule has 7 rings (SSSR count). The Morgan fingerprint density at radius 2 is 1.61 bits per heavy atom. The van der Waals surface area contributed by atoms with Crippen LogP contribution in [0.4, 0.5) is 10.5 Å². The van der Waals surface area contributed by atoms with E-state index in [-0.39, 0.29) is 23.7 Å². The second kappa shape index (κ2) is 16.4. The molecule has 1 atom stereocenters. The Kier molecular flexibility index (Phi) is 11.4. The van der Waals surface area contributed by atoms with Crippen LogP contribution in [0.3, 0.4) is 0 Å². The maximum Gasteiger partial charge on any atom is 0.323 e. The fourth-order valence-electron chi connectivity index (χ4n) is 7.84. The number of aryl methyl sites for hydroxylation is 1. The number of piperidine rings is 2. The number of nitrogens with one attached hydrogen (secondary N) is 1. The zero-order chi connectivity index (χ0) is 37.9. The van der Waals surface area contributed by atoms with E-state index in [1.165, 1.54) is 4.90 Å². The number of hydrogen-bond donors (Lipinski definition) is 2. The number of aliphatic hydroxyl groups is 1. The van der Waals surface area contributed by atoms with Crippen LogP contribution in [0.5, 0.6) is 11.5 Å². The quantitative estimate of drug-likeness (QED) is 0.233. The van der Waals surface area contributed by atoms with Gasteiger partial charge in [0.1, 0.15) is 17.7 Å². The second-order valence-electron chi connectivity index (χ2n) is 14.2. The van der Waals surface area contributed by atoms with E-state index in [4.69, 9.17) is 25.8 Å². The standard InChI is InChI=1S/C40H47ClN6O7/c1-44-24-32(29-6-13-42-23-31(29)39(44)50)26-21-35(52-2)30(36(22-26)53-3)11-16-45-14-7-27(8-15-45)54-28-9-17-46(18-10-28)38(49)25-4-5-33(41)34(20-25)47-19-12-37(48)43-40(47)51/h4-6,13,20-24,27-28,37,48H,7-12,14-19H2,1-3H3,(H,43,51). The number of urea groups is 1. The molecular formula is C40H47ClN6O7. The average Bonchev–Trinajstić information content (AvgIpc) is 3.19. The summed E-state index contributed by atoms with van der Waals surface area (Å²) in [6, 6.07) is 10.5. The minimum absolute atomic E-state index is 0.0936. The van der Waals surface area contributed by atoms with E-state index in [1.807, 2.05) is 29.3 Å². The van der Waals surface area contributed by atoms with Gasteiger partial charge in [-0.25, -0.2) is 4.79 Å². The summed E-state index contributed by atoms with van der Waals surface area (Å²) in [6.45, 7) is 4.19. The molecule has 3 saturated heterocycles. The van der Waals surface area contributed by atoms with Crippen LogP contribution in [0, 0.1) is 0 Å². The van der Waals surface area contributed by atoms with Gasteiger partial charge in [-0.2, -0.15) is 0 Å². The van der Waals surface area contributed by atoms with Crippen molar-refractivity contribution in [3.05, 3.63) is 81.5 Å². The molecule has 0 bridgehead atoms. The lowest BCUT2D eigenvalue weighted by molar-refractivity contribution is -0.0620. The van der Waals surface area contributed by atoms with Crippen LogP contribution in [-0.4, -0.2) is 108 Å². The number of rotatable bonds is 10. The summed E-state index contributed by atoms with van der Waals surface area (Å²) < 4.78 is 19.9. The monoisotopic (exact) mass is 758 g/mol. The molecule has 2 aromatic carbocycles. The number of benzene rings is 2. The first-order valence-corrected chi connectivity index (χ1v) is 18.9. The highest BCUT2D eigenvalue weighted by Crippen LogP contribution is 2.38. The van der Waals surface area contributed by atoms with Crippen molar-refractivity contribution in [2.45, 2.75) is 57.0 Å². The fraction of sp³-hybridized carbons (Fsp3) is 0.450. The van der Waals surface area contributed by atoms with Crippen LogP contribution in [-0.2, 0) is 18.2 Å². The van der Waals surface area contributed by atoms with E-state index in [9.17, 15) is 19.5 Å². The third kappa shape index (κ3) is 7.90. The second-order valence-corrected chi connectivity index (χ2v) is 14.6. The zero-order valence-corrected chi connectivity index (χ0v) is 31.7. The molecule has 3 amide bonds. The Morgan fingerprint density at radius 3 is 2.28 bits per heavy atom. The Morgan fingerprint density at radius 1 is 0.926 bits per heavy atom. The van der Waals surface area contributed by atoms with Crippen LogP contribution < -0.4 is 25.2 Å². The molecule has 0 spiro atoms. The molecule has 286 valence electrons. The molecule has 2 aromatic heterocycles. The largest absolute Gasteiger partial charge is 0.496 e. The normalized spacial score (nSPS) is 18.9. The van der Waals surface area contributed by atoms with Gasteiger partial charge in [0.15, 0.2) is 0 Å². The molecule has 0 aliphatic carbocycles. The minimum atomic E-state index is -0.889.